The molecule has 0 aromatic heterocycles. The van der Waals surface area contributed by atoms with E-state index in [1.165, 1.54) is 0 Å². The van der Waals surface area contributed by atoms with E-state index in [0.29, 0.717) is 13.2 Å². The molecule has 4 nitrogen and oxygen atoms in total. The van der Waals surface area contributed by atoms with Gasteiger partial charge in [-0.05, 0) is 17.7 Å². The van der Waals surface area contributed by atoms with Crippen LogP contribution < -0.4 is 14.8 Å². The summed E-state index contributed by atoms with van der Waals surface area (Å²) < 4.78 is 10.8. The lowest BCUT2D eigenvalue weighted by Crippen LogP contribution is -2.28. The van der Waals surface area contributed by atoms with Gasteiger partial charge in [-0.1, -0.05) is 36.4 Å². The summed E-state index contributed by atoms with van der Waals surface area (Å²) in [5, 5.41) is 12.7. The van der Waals surface area contributed by atoms with Crippen LogP contribution in [0.3, 0.4) is 0 Å². The maximum absolute atomic E-state index is 9.44. The normalized spacial score (nSPS) is 11.9. The molecule has 4 heteroatoms. The Labute approximate surface area is 125 Å². The first-order chi connectivity index (χ1) is 10.3. The van der Waals surface area contributed by atoms with E-state index < -0.39 is 0 Å². The van der Waals surface area contributed by atoms with E-state index in [1.54, 1.807) is 7.11 Å². The molecule has 2 rings (SSSR count). The number of benzene rings is 2. The molecule has 0 saturated heterocycles. The lowest BCUT2D eigenvalue weighted by atomic mass is 10.1. The Hall–Kier alpha value is -2.04. The quantitative estimate of drug-likeness (QED) is 0.732. The van der Waals surface area contributed by atoms with Crippen LogP contribution in [0.2, 0.25) is 0 Å². The molecule has 1 atom stereocenters. The zero-order chi connectivity index (χ0) is 14.9. The summed E-state index contributed by atoms with van der Waals surface area (Å²) in [5.74, 6) is 1.55. The molecule has 0 heterocycles. The summed E-state index contributed by atoms with van der Waals surface area (Å²) in [6.07, 6.45) is 0. The Morgan fingerprint density at radius 1 is 1.05 bits per heavy atom. The van der Waals surface area contributed by atoms with Crippen LogP contribution in [0.5, 0.6) is 11.5 Å². The molecule has 2 aromatic carbocycles. The maximum atomic E-state index is 9.44. The third-order valence-electron chi connectivity index (χ3n) is 3.19. The fourth-order valence-electron chi connectivity index (χ4n) is 2.07. The van der Waals surface area contributed by atoms with E-state index >= 15 is 0 Å². The largest absolute Gasteiger partial charge is 0.497 e. The predicted octanol–water partition coefficient (Wildman–Crippen LogP) is 2.40. The Morgan fingerprint density at radius 2 is 1.81 bits per heavy atom. The number of aliphatic hydroxyl groups excluding tert-OH is 1. The topological polar surface area (TPSA) is 50.7 Å². The second-order valence-corrected chi connectivity index (χ2v) is 4.63. The van der Waals surface area contributed by atoms with Crippen molar-refractivity contribution in [3.05, 3.63) is 60.2 Å². The lowest BCUT2D eigenvalue weighted by molar-refractivity contribution is 0.232. The SMILES string of the molecule is COc1cccc(OCCNC(CO)c2ccccc2)c1. The van der Waals surface area contributed by atoms with Crippen molar-refractivity contribution < 1.29 is 14.6 Å². The minimum absolute atomic E-state index is 0.0587. The smallest absolute Gasteiger partial charge is 0.123 e. The van der Waals surface area contributed by atoms with Gasteiger partial charge in [-0.15, -0.1) is 0 Å². The molecule has 0 fully saturated rings. The van der Waals surface area contributed by atoms with Gasteiger partial charge in [-0.3, -0.25) is 0 Å². The van der Waals surface area contributed by atoms with Gasteiger partial charge in [0.2, 0.25) is 0 Å². The molecule has 2 N–H and O–H groups in total. The van der Waals surface area contributed by atoms with Crippen LogP contribution in [0.1, 0.15) is 11.6 Å². The Morgan fingerprint density at radius 3 is 2.52 bits per heavy atom. The van der Waals surface area contributed by atoms with Crippen LogP contribution in [0.4, 0.5) is 0 Å². The molecule has 0 aliphatic rings. The second kappa shape index (κ2) is 8.29. The first-order valence-electron chi connectivity index (χ1n) is 6.99. The molecule has 2 aromatic rings. The van der Waals surface area contributed by atoms with Crippen molar-refractivity contribution in [2.75, 3.05) is 26.9 Å². The Balaban J connectivity index is 1.78. The standard InChI is InChI=1S/C17H21NO3/c1-20-15-8-5-9-16(12-15)21-11-10-18-17(13-19)14-6-3-2-4-7-14/h2-9,12,17-19H,10-11,13H2,1H3. The number of hydrogen-bond acceptors (Lipinski definition) is 4. The van der Waals surface area contributed by atoms with E-state index in [2.05, 4.69) is 5.32 Å². The summed E-state index contributed by atoms with van der Waals surface area (Å²) in [6.45, 7) is 1.23. The van der Waals surface area contributed by atoms with Gasteiger partial charge in [0.05, 0.1) is 19.8 Å². The molecule has 112 valence electrons. The van der Waals surface area contributed by atoms with Gasteiger partial charge in [0.25, 0.3) is 0 Å². The zero-order valence-corrected chi connectivity index (χ0v) is 12.2. The van der Waals surface area contributed by atoms with Gasteiger partial charge >= 0.3 is 0 Å². The maximum Gasteiger partial charge on any atom is 0.123 e. The van der Waals surface area contributed by atoms with Crippen molar-refractivity contribution in [3.63, 3.8) is 0 Å². The molecule has 1 unspecified atom stereocenters. The van der Waals surface area contributed by atoms with Crippen LogP contribution in [-0.4, -0.2) is 32.0 Å². The van der Waals surface area contributed by atoms with Crippen LogP contribution in [0, 0.1) is 0 Å². The average molecular weight is 287 g/mol. The monoisotopic (exact) mass is 287 g/mol. The van der Waals surface area contributed by atoms with Gasteiger partial charge in [-0.25, -0.2) is 0 Å². The van der Waals surface area contributed by atoms with Crippen LogP contribution in [0.15, 0.2) is 54.6 Å². The number of ether oxygens (including phenoxy) is 2. The Bertz CT molecular complexity index is 531. The zero-order valence-electron chi connectivity index (χ0n) is 12.2. The summed E-state index contributed by atoms with van der Waals surface area (Å²) in [5.41, 5.74) is 1.07. The molecule has 0 amide bonds. The van der Waals surface area contributed by atoms with Crippen molar-refractivity contribution in [2.45, 2.75) is 6.04 Å². The minimum atomic E-state index is -0.0693. The van der Waals surface area contributed by atoms with Crippen molar-refractivity contribution >= 4 is 0 Å². The number of methoxy groups -OCH3 is 1. The highest BCUT2D eigenvalue weighted by Crippen LogP contribution is 2.18. The molecule has 0 saturated carbocycles. The van der Waals surface area contributed by atoms with E-state index in [0.717, 1.165) is 17.1 Å². The third-order valence-corrected chi connectivity index (χ3v) is 3.19. The number of aliphatic hydroxyl groups is 1. The molecule has 0 bridgehead atoms. The van der Waals surface area contributed by atoms with Gasteiger partial charge in [-0.2, -0.15) is 0 Å². The highest BCUT2D eigenvalue weighted by molar-refractivity contribution is 5.32. The first-order valence-corrected chi connectivity index (χ1v) is 6.99. The number of nitrogens with one attached hydrogen (secondary N) is 1. The minimum Gasteiger partial charge on any atom is -0.497 e. The highest BCUT2D eigenvalue weighted by atomic mass is 16.5. The van der Waals surface area contributed by atoms with Gasteiger partial charge in [0, 0.05) is 12.6 Å². The van der Waals surface area contributed by atoms with Gasteiger partial charge in [0.15, 0.2) is 0 Å². The molecular formula is C17H21NO3. The van der Waals surface area contributed by atoms with Crippen LogP contribution in [-0.2, 0) is 0 Å². The van der Waals surface area contributed by atoms with E-state index in [4.69, 9.17) is 9.47 Å². The summed E-state index contributed by atoms with van der Waals surface area (Å²) in [4.78, 5) is 0. The summed E-state index contributed by atoms with van der Waals surface area (Å²) in [6, 6.07) is 17.3. The summed E-state index contributed by atoms with van der Waals surface area (Å²) >= 11 is 0. The summed E-state index contributed by atoms with van der Waals surface area (Å²) in [7, 11) is 1.63. The fraction of sp³-hybridized carbons (Fsp3) is 0.294. The Kier molecular flexibility index (Phi) is 6.06. The third kappa shape index (κ3) is 4.77. The van der Waals surface area contributed by atoms with Crippen molar-refractivity contribution in [3.8, 4) is 11.5 Å². The number of hydrogen-bond donors (Lipinski definition) is 2. The highest BCUT2D eigenvalue weighted by Gasteiger charge is 2.08. The van der Waals surface area contributed by atoms with Gasteiger partial charge in [0.1, 0.15) is 18.1 Å². The second-order valence-electron chi connectivity index (χ2n) is 4.63. The van der Waals surface area contributed by atoms with Crippen molar-refractivity contribution in [2.24, 2.45) is 0 Å². The van der Waals surface area contributed by atoms with Crippen molar-refractivity contribution in [1.82, 2.24) is 5.32 Å². The molecule has 0 spiro atoms. The van der Waals surface area contributed by atoms with E-state index in [1.807, 2.05) is 54.6 Å². The van der Waals surface area contributed by atoms with Crippen LogP contribution >= 0.6 is 0 Å². The number of rotatable bonds is 8. The molecular weight excluding hydrogens is 266 g/mol. The molecule has 0 aliphatic carbocycles. The molecule has 0 radical (unpaired) electrons. The van der Waals surface area contributed by atoms with E-state index in [9.17, 15) is 5.11 Å². The predicted molar refractivity (Wildman–Crippen MR) is 82.8 cm³/mol. The van der Waals surface area contributed by atoms with E-state index in [-0.39, 0.29) is 12.6 Å². The average Bonchev–Trinajstić information content (AvgIpc) is 2.56. The van der Waals surface area contributed by atoms with Crippen molar-refractivity contribution in [1.29, 1.82) is 0 Å². The lowest BCUT2D eigenvalue weighted by Gasteiger charge is -2.17. The van der Waals surface area contributed by atoms with Crippen LogP contribution in [0.25, 0.3) is 0 Å². The van der Waals surface area contributed by atoms with Gasteiger partial charge < -0.3 is 19.9 Å². The molecule has 21 heavy (non-hydrogen) atoms. The fourth-order valence-corrected chi connectivity index (χ4v) is 2.07. The molecule has 0 aliphatic heterocycles. The first kappa shape index (κ1) is 15.4.